The Kier molecular flexibility index (Phi) is 3.27. The average Bonchev–Trinajstić information content (AvgIpc) is 2.63. The second-order valence-corrected chi connectivity index (χ2v) is 4.04. The van der Waals surface area contributed by atoms with Gasteiger partial charge < -0.3 is 5.73 Å². The first-order valence-electron chi connectivity index (χ1n) is 5.61. The molecule has 6 heteroatoms. The maximum Gasteiger partial charge on any atom is 0.333 e. The van der Waals surface area contributed by atoms with E-state index in [4.69, 9.17) is 5.73 Å². The maximum absolute atomic E-state index is 10.8. The maximum atomic E-state index is 10.8. The van der Waals surface area contributed by atoms with Gasteiger partial charge in [-0.15, -0.1) is 0 Å². The summed E-state index contributed by atoms with van der Waals surface area (Å²) in [6.45, 7) is 2.12. The highest BCUT2D eigenvalue weighted by molar-refractivity contribution is 5.55. The molecule has 1 aromatic heterocycles. The minimum atomic E-state index is -0.489. The topological polar surface area (TPSA) is 87.0 Å². The zero-order valence-electron chi connectivity index (χ0n) is 10.0. The smallest absolute Gasteiger partial charge is 0.333 e. The number of aryl methyl sites for hydroxylation is 3. The van der Waals surface area contributed by atoms with Gasteiger partial charge in [0, 0.05) is 6.54 Å². The number of nitrogens with zero attached hydrogens (tertiary/aromatic N) is 3. The largest absolute Gasteiger partial charge is 0.378 e. The summed E-state index contributed by atoms with van der Waals surface area (Å²) >= 11 is 0. The summed E-state index contributed by atoms with van der Waals surface area (Å²) in [4.78, 5) is 10.3. The molecule has 6 nitrogen and oxygen atoms in total. The molecule has 0 saturated carbocycles. The molecule has 2 rings (SSSR count). The first kappa shape index (κ1) is 12.1. The monoisotopic (exact) mass is 246 g/mol. The van der Waals surface area contributed by atoms with E-state index in [0.717, 1.165) is 12.0 Å². The molecule has 0 fully saturated rings. The second-order valence-electron chi connectivity index (χ2n) is 4.04. The van der Waals surface area contributed by atoms with E-state index >= 15 is 0 Å². The summed E-state index contributed by atoms with van der Waals surface area (Å²) < 4.78 is 1.49. The minimum absolute atomic E-state index is 0.0944. The van der Waals surface area contributed by atoms with Crippen LogP contribution in [0.3, 0.4) is 0 Å². The molecule has 2 N–H and O–H groups in total. The molecule has 0 bridgehead atoms. The zero-order chi connectivity index (χ0) is 13.1. The average molecular weight is 246 g/mol. The van der Waals surface area contributed by atoms with E-state index in [1.54, 1.807) is 6.92 Å². The number of rotatable bonds is 4. The highest BCUT2D eigenvalue weighted by atomic mass is 16.6. The Bertz CT molecular complexity index is 563. The molecule has 2 aromatic rings. The van der Waals surface area contributed by atoms with Crippen LogP contribution in [0.25, 0.3) is 0 Å². The Labute approximate surface area is 104 Å². The molecule has 0 spiro atoms. The summed E-state index contributed by atoms with van der Waals surface area (Å²) in [5.41, 5.74) is 7.13. The van der Waals surface area contributed by atoms with E-state index in [0.29, 0.717) is 12.2 Å². The Balaban J connectivity index is 2.16. The van der Waals surface area contributed by atoms with Crippen LogP contribution in [0, 0.1) is 17.0 Å². The van der Waals surface area contributed by atoms with Crippen molar-refractivity contribution in [3.8, 4) is 0 Å². The highest BCUT2D eigenvalue weighted by Gasteiger charge is 2.22. The number of nitro groups is 1. The third-order valence-corrected chi connectivity index (χ3v) is 2.77. The van der Waals surface area contributed by atoms with Crippen LogP contribution in [-0.2, 0) is 13.0 Å². The third-order valence-electron chi connectivity index (χ3n) is 2.77. The first-order chi connectivity index (χ1) is 8.59. The number of nitrogens with two attached hydrogens (primary N) is 1. The highest BCUT2D eigenvalue weighted by Crippen LogP contribution is 2.25. The predicted octanol–water partition coefficient (Wildman–Crippen LogP) is 1.92. The summed E-state index contributed by atoms with van der Waals surface area (Å²) in [7, 11) is 0. The van der Waals surface area contributed by atoms with Gasteiger partial charge in [-0.25, -0.2) is 4.68 Å². The Morgan fingerprint density at radius 1 is 1.39 bits per heavy atom. The van der Waals surface area contributed by atoms with Gasteiger partial charge >= 0.3 is 5.69 Å². The van der Waals surface area contributed by atoms with Gasteiger partial charge in [0.15, 0.2) is 0 Å². The van der Waals surface area contributed by atoms with Crippen LogP contribution in [0.2, 0.25) is 0 Å². The number of aromatic nitrogens is 2. The molecule has 0 unspecified atom stereocenters. The van der Waals surface area contributed by atoms with E-state index in [2.05, 4.69) is 5.10 Å². The molecule has 0 amide bonds. The number of hydrogen-bond acceptors (Lipinski definition) is 4. The Morgan fingerprint density at radius 3 is 2.61 bits per heavy atom. The second kappa shape index (κ2) is 4.87. The molecule has 0 atom stereocenters. The summed E-state index contributed by atoms with van der Waals surface area (Å²) in [5, 5.41) is 14.9. The normalized spacial score (nSPS) is 10.5. The Morgan fingerprint density at radius 2 is 2.06 bits per heavy atom. The fourth-order valence-corrected chi connectivity index (χ4v) is 1.87. The van der Waals surface area contributed by atoms with Crippen molar-refractivity contribution in [2.45, 2.75) is 19.9 Å². The van der Waals surface area contributed by atoms with Gasteiger partial charge in [0.25, 0.3) is 0 Å². The minimum Gasteiger partial charge on any atom is -0.378 e. The molecule has 94 valence electrons. The molecule has 0 aliphatic carbocycles. The molecule has 1 heterocycles. The summed E-state index contributed by atoms with van der Waals surface area (Å²) in [6.07, 6.45) is 0.739. The molecule has 0 saturated heterocycles. The van der Waals surface area contributed by atoms with Crippen molar-refractivity contribution in [2.24, 2.45) is 0 Å². The van der Waals surface area contributed by atoms with Crippen molar-refractivity contribution in [3.63, 3.8) is 0 Å². The van der Waals surface area contributed by atoms with Crippen molar-refractivity contribution in [3.05, 3.63) is 51.7 Å². The van der Waals surface area contributed by atoms with Crippen LogP contribution in [-0.4, -0.2) is 14.7 Å². The predicted molar refractivity (Wildman–Crippen MR) is 68.2 cm³/mol. The van der Waals surface area contributed by atoms with Gasteiger partial charge in [0.1, 0.15) is 5.69 Å². The number of anilines is 1. The SMILES string of the molecule is Cc1nn(CCc2ccccc2)c(N)c1[N+](=O)[O-]. The van der Waals surface area contributed by atoms with Crippen LogP contribution in [0.15, 0.2) is 30.3 Å². The fourth-order valence-electron chi connectivity index (χ4n) is 1.87. The van der Waals surface area contributed by atoms with Crippen LogP contribution in [0.1, 0.15) is 11.3 Å². The molecule has 18 heavy (non-hydrogen) atoms. The fraction of sp³-hybridized carbons (Fsp3) is 0.250. The number of benzene rings is 1. The van der Waals surface area contributed by atoms with Gasteiger partial charge in [-0.1, -0.05) is 30.3 Å². The van der Waals surface area contributed by atoms with Gasteiger partial charge in [0.2, 0.25) is 5.82 Å². The summed E-state index contributed by atoms with van der Waals surface area (Å²) in [6, 6.07) is 9.85. The molecule has 0 radical (unpaired) electrons. The van der Waals surface area contributed by atoms with Gasteiger partial charge in [-0.05, 0) is 18.9 Å². The lowest BCUT2D eigenvalue weighted by Gasteiger charge is -2.03. The zero-order valence-corrected chi connectivity index (χ0v) is 10.0. The van der Waals surface area contributed by atoms with Gasteiger partial charge in [-0.3, -0.25) is 10.1 Å². The molecular weight excluding hydrogens is 232 g/mol. The van der Waals surface area contributed by atoms with Gasteiger partial charge in [-0.2, -0.15) is 5.10 Å². The number of hydrogen-bond donors (Lipinski definition) is 1. The van der Waals surface area contributed by atoms with E-state index in [1.165, 1.54) is 4.68 Å². The van der Waals surface area contributed by atoms with Crippen LogP contribution in [0.5, 0.6) is 0 Å². The van der Waals surface area contributed by atoms with Crippen molar-refractivity contribution in [1.29, 1.82) is 0 Å². The lowest BCUT2D eigenvalue weighted by molar-refractivity contribution is -0.384. The lowest BCUT2D eigenvalue weighted by atomic mass is 10.1. The van der Waals surface area contributed by atoms with Crippen LogP contribution >= 0.6 is 0 Å². The molecule has 1 aromatic carbocycles. The Hall–Kier alpha value is -2.37. The van der Waals surface area contributed by atoms with E-state index < -0.39 is 4.92 Å². The molecule has 0 aliphatic rings. The number of nitrogen functional groups attached to an aromatic ring is 1. The third kappa shape index (κ3) is 2.32. The first-order valence-corrected chi connectivity index (χ1v) is 5.61. The van der Waals surface area contributed by atoms with Crippen LogP contribution in [0.4, 0.5) is 11.5 Å². The van der Waals surface area contributed by atoms with E-state index in [9.17, 15) is 10.1 Å². The molecular formula is C12H14N4O2. The quantitative estimate of drug-likeness (QED) is 0.659. The van der Waals surface area contributed by atoms with Crippen molar-refractivity contribution in [2.75, 3.05) is 5.73 Å². The summed E-state index contributed by atoms with van der Waals surface area (Å²) in [5.74, 6) is 0.119. The standard InChI is InChI=1S/C12H14N4O2/c1-9-11(16(17)18)12(13)15(14-9)8-7-10-5-3-2-4-6-10/h2-6H,7-8,13H2,1H3. The van der Waals surface area contributed by atoms with Crippen molar-refractivity contribution in [1.82, 2.24) is 9.78 Å². The van der Waals surface area contributed by atoms with E-state index in [1.807, 2.05) is 30.3 Å². The van der Waals surface area contributed by atoms with Gasteiger partial charge in [0.05, 0.1) is 4.92 Å². The van der Waals surface area contributed by atoms with E-state index in [-0.39, 0.29) is 11.5 Å². The van der Waals surface area contributed by atoms with Crippen LogP contribution < -0.4 is 5.73 Å². The molecule has 0 aliphatic heterocycles. The lowest BCUT2D eigenvalue weighted by Crippen LogP contribution is -2.07. The van der Waals surface area contributed by atoms with Crippen molar-refractivity contribution < 1.29 is 4.92 Å². The van der Waals surface area contributed by atoms with Crippen molar-refractivity contribution >= 4 is 11.5 Å².